The van der Waals surface area contributed by atoms with Crippen molar-refractivity contribution in [1.82, 2.24) is 19.6 Å². The van der Waals surface area contributed by atoms with Crippen molar-refractivity contribution < 1.29 is 9.50 Å². The number of para-hydroxylation sites is 2. The number of nitrogens with zero attached hydrogens (tertiary/aromatic N) is 4. The average Bonchev–Trinajstić information content (AvgIpc) is 3.14. The van der Waals surface area contributed by atoms with E-state index >= 15 is 0 Å². The number of hydrogen-bond acceptors (Lipinski definition) is 4. The Morgan fingerprint density at radius 1 is 0.962 bits per heavy atom. The van der Waals surface area contributed by atoms with Crippen molar-refractivity contribution in [3.05, 3.63) is 89.1 Å². The molecule has 128 valence electrons. The Labute approximate surface area is 147 Å². The molecular formula is C19H13FN4O2. The molecule has 0 amide bonds. The van der Waals surface area contributed by atoms with Crippen LogP contribution in [0, 0.1) is 5.82 Å². The standard InChI is InChI=1S/C19H13FN4O2/c20-14-8-4-5-9-15(14)23-12-17(25)19(26)18(22-23)16-10-11-21-24(16)13-6-2-1-3-7-13/h1-12,25H. The second-order valence-electron chi connectivity index (χ2n) is 5.55. The maximum atomic E-state index is 14.1. The lowest BCUT2D eigenvalue weighted by atomic mass is 10.2. The number of aromatic nitrogens is 4. The molecule has 0 saturated heterocycles. The monoisotopic (exact) mass is 348 g/mol. The predicted molar refractivity (Wildman–Crippen MR) is 94.0 cm³/mol. The summed E-state index contributed by atoms with van der Waals surface area (Å²) in [4.78, 5) is 12.5. The third kappa shape index (κ3) is 2.65. The molecule has 4 aromatic rings. The summed E-state index contributed by atoms with van der Waals surface area (Å²) in [7, 11) is 0. The first-order valence-corrected chi connectivity index (χ1v) is 7.83. The Bertz CT molecular complexity index is 1140. The molecule has 0 bridgehead atoms. The summed E-state index contributed by atoms with van der Waals surface area (Å²) in [6.45, 7) is 0. The topological polar surface area (TPSA) is 72.9 Å². The van der Waals surface area contributed by atoms with Crippen LogP contribution in [0.15, 0.2) is 77.9 Å². The highest BCUT2D eigenvalue weighted by Crippen LogP contribution is 2.21. The van der Waals surface area contributed by atoms with E-state index < -0.39 is 17.0 Å². The number of aromatic hydroxyl groups is 1. The predicted octanol–water partition coefficient (Wildman–Crippen LogP) is 2.93. The second kappa shape index (κ2) is 6.29. The van der Waals surface area contributed by atoms with Gasteiger partial charge in [-0.2, -0.15) is 10.2 Å². The van der Waals surface area contributed by atoms with Gasteiger partial charge in [-0.05, 0) is 30.3 Å². The van der Waals surface area contributed by atoms with Crippen LogP contribution in [0.1, 0.15) is 0 Å². The number of benzene rings is 2. The Morgan fingerprint density at radius 3 is 2.46 bits per heavy atom. The van der Waals surface area contributed by atoms with Gasteiger partial charge in [-0.25, -0.2) is 13.8 Å². The van der Waals surface area contributed by atoms with E-state index in [1.54, 1.807) is 18.2 Å². The highest BCUT2D eigenvalue weighted by atomic mass is 19.1. The molecule has 6 nitrogen and oxygen atoms in total. The number of halogens is 1. The van der Waals surface area contributed by atoms with E-state index in [4.69, 9.17) is 0 Å². The van der Waals surface area contributed by atoms with Gasteiger partial charge in [0.25, 0.3) is 5.43 Å². The molecular weight excluding hydrogens is 335 g/mol. The largest absolute Gasteiger partial charge is 0.503 e. The lowest BCUT2D eigenvalue weighted by Gasteiger charge is -2.11. The normalized spacial score (nSPS) is 10.8. The fraction of sp³-hybridized carbons (Fsp3) is 0. The SMILES string of the molecule is O=c1c(O)cn(-c2ccccc2F)nc1-c1ccnn1-c1ccccc1. The molecule has 0 radical (unpaired) electrons. The van der Waals surface area contributed by atoms with Crippen LogP contribution < -0.4 is 5.43 Å². The molecule has 0 atom stereocenters. The molecule has 2 aromatic heterocycles. The van der Waals surface area contributed by atoms with E-state index in [0.717, 1.165) is 16.6 Å². The fourth-order valence-corrected chi connectivity index (χ4v) is 2.66. The van der Waals surface area contributed by atoms with Crippen molar-refractivity contribution in [3.8, 4) is 28.5 Å². The van der Waals surface area contributed by atoms with Gasteiger partial charge in [0, 0.05) is 0 Å². The van der Waals surface area contributed by atoms with Crippen LogP contribution in [0.2, 0.25) is 0 Å². The Hall–Kier alpha value is -3.74. The van der Waals surface area contributed by atoms with Crippen molar-refractivity contribution in [1.29, 1.82) is 0 Å². The van der Waals surface area contributed by atoms with Crippen molar-refractivity contribution in [3.63, 3.8) is 0 Å². The van der Waals surface area contributed by atoms with Gasteiger partial charge in [0.2, 0.25) is 0 Å². The smallest absolute Gasteiger partial charge is 0.251 e. The molecule has 0 aliphatic carbocycles. The summed E-state index contributed by atoms with van der Waals surface area (Å²) >= 11 is 0. The summed E-state index contributed by atoms with van der Waals surface area (Å²) in [6.07, 6.45) is 2.62. The van der Waals surface area contributed by atoms with Gasteiger partial charge in [-0.1, -0.05) is 30.3 Å². The van der Waals surface area contributed by atoms with Gasteiger partial charge in [0.05, 0.1) is 23.8 Å². The van der Waals surface area contributed by atoms with Crippen LogP contribution >= 0.6 is 0 Å². The summed E-state index contributed by atoms with van der Waals surface area (Å²) in [5.41, 5.74) is 0.552. The maximum Gasteiger partial charge on any atom is 0.251 e. The molecule has 1 N–H and O–H groups in total. The molecule has 0 fully saturated rings. The number of hydrogen-bond donors (Lipinski definition) is 1. The number of rotatable bonds is 3. The van der Waals surface area contributed by atoms with E-state index in [2.05, 4.69) is 10.2 Å². The zero-order valence-electron chi connectivity index (χ0n) is 13.5. The first-order valence-electron chi connectivity index (χ1n) is 7.83. The summed E-state index contributed by atoms with van der Waals surface area (Å²) in [6, 6.07) is 16.8. The molecule has 0 aliphatic rings. The molecule has 0 aliphatic heterocycles. The second-order valence-corrected chi connectivity index (χ2v) is 5.55. The Morgan fingerprint density at radius 2 is 1.69 bits per heavy atom. The Kier molecular flexibility index (Phi) is 3.81. The van der Waals surface area contributed by atoms with Gasteiger partial charge >= 0.3 is 0 Å². The van der Waals surface area contributed by atoms with E-state index in [-0.39, 0.29) is 11.4 Å². The minimum absolute atomic E-state index is 0.0328. The minimum Gasteiger partial charge on any atom is -0.503 e. The van der Waals surface area contributed by atoms with Crippen LogP contribution in [-0.2, 0) is 0 Å². The van der Waals surface area contributed by atoms with Gasteiger partial charge in [-0.15, -0.1) is 0 Å². The highest BCUT2D eigenvalue weighted by molar-refractivity contribution is 5.59. The molecule has 4 rings (SSSR count). The average molecular weight is 348 g/mol. The third-order valence-corrected chi connectivity index (χ3v) is 3.89. The van der Waals surface area contributed by atoms with E-state index in [1.165, 1.54) is 23.0 Å². The first kappa shape index (κ1) is 15.8. The molecule has 0 spiro atoms. The summed E-state index contributed by atoms with van der Waals surface area (Å²) < 4.78 is 16.8. The zero-order chi connectivity index (χ0) is 18.1. The van der Waals surface area contributed by atoms with Crippen molar-refractivity contribution in [2.75, 3.05) is 0 Å². The minimum atomic E-state index is -0.657. The van der Waals surface area contributed by atoms with Crippen molar-refractivity contribution >= 4 is 0 Å². The Balaban J connectivity index is 1.93. The van der Waals surface area contributed by atoms with Crippen LogP contribution in [0.25, 0.3) is 22.8 Å². The summed E-state index contributed by atoms with van der Waals surface area (Å²) in [5, 5.41) is 18.5. The van der Waals surface area contributed by atoms with Crippen LogP contribution in [0.4, 0.5) is 4.39 Å². The maximum absolute atomic E-state index is 14.1. The molecule has 0 saturated carbocycles. The van der Waals surface area contributed by atoms with E-state index in [1.807, 2.05) is 30.3 Å². The van der Waals surface area contributed by atoms with Crippen LogP contribution in [0.3, 0.4) is 0 Å². The van der Waals surface area contributed by atoms with E-state index in [9.17, 15) is 14.3 Å². The van der Waals surface area contributed by atoms with Crippen LogP contribution in [0.5, 0.6) is 5.75 Å². The molecule has 2 aromatic carbocycles. The van der Waals surface area contributed by atoms with Gasteiger partial charge in [0.15, 0.2) is 11.4 Å². The van der Waals surface area contributed by atoms with Gasteiger partial charge in [-0.3, -0.25) is 4.79 Å². The fourth-order valence-electron chi connectivity index (χ4n) is 2.66. The first-order chi connectivity index (χ1) is 12.6. The summed E-state index contributed by atoms with van der Waals surface area (Å²) in [5.74, 6) is -1.05. The lowest BCUT2D eigenvalue weighted by molar-refractivity contribution is 0.461. The van der Waals surface area contributed by atoms with Gasteiger partial charge < -0.3 is 5.11 Å². The molecule has 2 heterocycles. The van der Waals surface area contributed by atoms with Crippen LogP contribution in [-0.4, -0.2) is 24.7 Å². The van der Waals surface area contributed by atoms with E-state index in [0.29, 0.717) is 5.69 Å². The molecule has 0 unspecified atom stereocenters. The molecule has 26 heavy (non-hydrogen) atoms. The van der Waals surface area contributed by atoms with Crippen molar-refractivity contribution in [2.45, 2.75) is 0 Å². The molecule has 7 heteroatoms. The lowest BCUT2D eigenvalue weighted by Crippen LogP contribution is -2.16. The van der Waals surface area contributed by atoms with Gasteiger partial charge in [0.1, 0.15) is 11.5 Å². The zero-order valence-corrected chi connectivity index (χ0v) is 13.5. The van der Waals surface area contributed by atoms with Crippen molar-refractivity contribution in [2.24, 2.45) is 0 Å². The third-order valence-electron chi connectivity index (χ3n) is 3.89. The quantitative estimate of drug-likeness (QED) is 0.618. The highest BCUT2D eigenvalue weighted by Gasteiger charge is 2.17.